The summed E-state index contributed by atoms with van der Waals surface area (Å²) in [5.41, 5.74) is 0.632. The molecule has 2 aromatic carbocycles. The van der Waals surface area contributed by atoms with Crippen LogP contribution < -0.4 is 29.0 Å². The van der Waals surface area contributed by atoms with Crippen molar-refractivity contribution in [3.8, 4) is 23.0 Å². The quantitative estimate of drug-likeness (QED) is 0.450. The van der Waals surface area contributed by atoms with Gasteiger partial charge >= 0.3 is 0 Å². The molecule has 3 rings (SSSR count). The number of hydrogen-bond donors (Lipinski definition) is 2. The lowest BCUT2D eigenvalue weighted by Crippen LogP contribution is -2.25. The average Bonchev–Trinajstić information content (AvgIpc) is 2.82. The van der Waals surface area contributed by atoms with E-state index in [4.69, 9.17) is 18.9 Å². The molecule has 1 amide bonds. The third kappa shape index (κ3) is 7.00. The van der Waals surface area contributed by atoms with Crippen LogP contribution in [0.4, 0.5) is 5.69 Å². The Morgan fingerprint density at radius 3 is 2.55 bits per heavy atom. The molecule has 0 atom stereocenters. The van der Waals surface area contributed by atoms with Crippen molar-refractivity contribution >= 4 is 21.6 Å². The molecule has 0 aromatic heterocycles. The minimum absolute atomic E-state index is 0.113. The van der Waals surface area contributed by atoms with Crippen molar-refractivity contribution in [2.24, 2.45) is 0 Å². The van der Waals surface area contributed by atoms with Crippen LogP contribution in [0.2, 0.25) is 0 Å². The van der Waals surface area contributed by atoms with Gasteiger partial charge in [0.05, 0.1) is 18.6 Å². The van der Waals surface area contributed by atoms with E-state index in [1.54, 1.807) is 31.4 Å². The van der Waals surface area contributed by atoms with Crippen molar-refractivity contribution in [2.75, 3.05) is 38.8 Å². The third-order valence-corrected chi connectivity index (χ3v) is 6.40. The van der Waals surface area contributed by atoms with Crippen LogP contribution >= 0.6 is 0 Å². The zero-order valence-electron chi connectivity index (χ0n) is 18.9. The average molecular weight is 479 g/mol. The smallest absolute Gasteiger partial charge is 0.240 e. The molecule has 0 saturated heterocycles. The Hall–Kier alpha value is -2.98. The van der Waals surface area contributed by atoms with E-state index in [2.05, 4.69) is 10.0 Å². The van der Waals surface area contributed by atoms with Gasteiger partial charge in [0.15, 0.2) is 23.0 Å². The summed E-state index contributed by atoms with van der Waals surface area (Å²) < 4.78 is 49.2. The second kappa shape index (κ2) is 11.8. The molecule has 9 nitrogen and oxygen atoms in total. The van der Waals surface area contributed by atoms with Crippen molar-refractivity contribution in [3.05, 3.63) is 36.4 Å². The summed E-state index contributed by atoms with van der Waals surface area (Å²) in [4.78, 5) is 12.3. The van der Waals surface area contributed by atoms with Gasteiger partial charge < -0.3 is 24.3 Å². The van der Waals surface area contributed by atoms with Gasteiger partial charge in [0.2, 0.25) is 15.9 Å². The van der Waals surface area contributed by atoms with E-state index >= 15 is 0 Å². The predicted octanol–water partition coefficient (Wildman–Crippen LogP) is 3.34. The van der Waals surface area contributed by atoms with Gasteiger partial charge in [-0.1, -0.05) is 6.42 Å². The first-order valence-corrected chi connectivity index (χ1v) is 12.4. The Balaban J connectivity index is 1.38. The Kier molecular flexibility index (Phi) is 8.79. The fourth-order valence-corrected chi connectivity index (χ4v) is 4.40. The number of amides is 1. The van der Waals surface area contributed by atoms with Crippen LogP contribution in [-0.2, 0) is 14.8 Å². The highest BCUT2D eigenvalue weighted by atomic mass is 32.2. The largest absolute Gasteiger partial charge is 0.493 e. The number of anilines is 1. The summed E-state index contributed by atoms with van der Waals surface area (Å²) in [5.74, 6) is 2.04. The van der Waals surface area contributed by atoms with Gasteiger partial charge in [0.1, 0.15) is 13.2 Å². The molecule has 33 heavy (non-hydrogen) atoms. The molecule has 1 heterocycles. The van der Waals surface area contributed by atoms with E-state index < -0.39 is 10.0 Å². The molecule has 0 spiro atoms. The lowest BCUT2D eigenvalue weighted by molar-refractivity contribution is -0.116. The molecular formula is C23H30N2O7S. The highest BCUT2D eigenvalue weighted by molar-refractivity contribution is 7.89. The fraction of sp³-hybridized carbons (Fsp3) is 0.435. The maximum Gasteiger partial charge on any atom is 0.240 e. The molecule has 1 aliphatic heterocycles. The highest BCUT2D eigenvalue weighted by Gasteiger charge is 2.19. The first kappa shape index (κ1) is 24.7. The molecule has 0 unspecified atom stereocenters. The van der Waals surface area contributed by atoms with E-state index in [1.165, 1.54) is 12.1 Å². The first-order chi connectivity index (χ1) is 15.9. The van der Waals surface area contributed by atoms with Crippen molar-refractivity contribution in [1.82, 2.24) is 4.72 Å². The number of benzene rings is 2. The molecular weight excluding hydrogens is 448 g/mol. The maximum absolute atomic E-state index is 12.5. The van der Waals surface area contributed by atoms with Gasteiger partial charge in [0.25, 0.3) is 0 Å². The van der Waals surface area contributed by atoms with Crippen LogP contribution in [0.3, 0.4) is 0 Å². The number of sulfonamides is 1. The molecule has 2 aromatic rings. The van der Waals surface area contributed by atoms with Crippen LogP contribution in [-0.4, -0.2) is 47.8 Å². The van der Waals surface area contributed by atoms with Crippen molar-refractivity contribution < 1.29 is 32.2 Å². The Morgan fingerprint density at radius 2 is 1.79 bits per heavy atom. The van der Waals surface area contributed by atoms with Gasteiger partial charge in [-0.05, 0) is 44.0 Å². The summed E-state index contributed by atoms with van der Waals surface area (Å²) >= 11 is 0. The zero-order valence-corrected chi connectivity index (χ0v) is 19.7. The van der Waals surface area contributed by atoms with Gasteiger partial charge in [-0.3, -0.25) is 4.79 Å². The number of nitrogens with one attached hydrogen (secondary N) is 2. The molecule has 180 valence electrons. The summed E-state index contributed by atoms with van der Waals surface area (Å²) in [7, 11) is -2.09. The van der Waals surface area contributed by atoms with Crippen LogP contribution in [0.15, 0.2) is 41.3 Å². The second-order valence-corrected chi connectivity index (χ2v) is 9.13. The fourth-order valence-electron chi connectivity index (χ4n) is 3.31. The first-order valence-electron chi connectivity index (χ1n) is 10.9. The van der Waals surface area contributed by atoms with Gasteiger partial charge in [-0.2, -0.15) is 0 Å². The number of carbonyl (C=O) groups is 1. The molecule has 0 saturated carbocycles. The molecule has 0 bridgehead atoms. The van der Waals surface area contributed by atoms with Crippen LogP contribution in [0.5, 0.6) is 23.0 Å². The molecule has 0 radical (unpaired) electrons. The number of ether oxygens (including phenoxy) is 4. The molecule has 2 N–H and O–H groups in total. The number of fused-ring (bicyclic) bond motifs is 1. The highest BCUT2D eigenvalue weighted by Crippen LogP contribution is 2.32. The minimum Gasteiger partial charge on any atom is -0.493 e. The van der Waals surface area contributed by atoms with Crippen molar-refractivity contribution in [3.63, 3.8) is 0 Å². The van der Waals surface area contributed by atoms with E-state index in [9.17, 15) is 13.2 Å². The van der Waals surface area contributed by atoms with Gasteiger partial charge in [-0.15, -0.1) is 0 Å². The maximum atomic E-state index is 12.5. The van der Waals surface area contributed by atoms with Crippen LogP contribution in [0.25, 0.3) is 0 Å². The molecule has 10 heteroatoms. The lowest BCUT2D eigenvalue weighted by Gasteiger charge is -2.18. The molecule has 1 aliphatic rings. The number of carbonyl (C=O) groups excluding carboxylic acids is 1. The van der Waals surface area contributed by atoms with Crippen molar-refractivity contribution in [2.45, 2.75) is 37.5 Å². The van der Waals surface area contributed by atoms with E-state index in [1.807, 2.05) is 6.92 Å². The van der Waals surface area contributed by atoms with E-state index in [0.29, 0.717) is 74.2 Å². The number of methoxy groups -OCH3 is 1. The van der Waals surface area contributed by atoms with E-state index in [0.717, 1.165) is 0 Å². The van der Waals surface area contributed by atoms with Crippen LogP contribution in [0.1, 0.15) is 32.6 Å². The summed E-state index contributed by atoms with van der Waals surface area (Å²) in [6, 6.07) is 9.80. The zero-order chi connectivity index (χ0) is 23.7. The molecule has 0 aliphatic carbocycles. The number of rotatable bonds is 12. The summed E-state index contributed by atoms with van der Waals surface area (Å²) in [5, 5.41) is 2.84. The SMILES string of the molecule is CCOc1ccc(NC(=O)CCCCCNS(=O)(=O)c2ccc3c(c2)OCCO3)cc1OC. The summed E-state index contributed by atoms with van der Waals surface area (Å²) in [6.07, 6.45) is 2.31. The van der Waals surface area contributed by atoms with Crippen LogP contribution in [0, 0.1) is 0 Å². The van der Waals surface area contributed by atoms with Gasteiger partial charge in [-0.25, -0.2) is 13.1 Å². The number of hydrogen-bond acceptors (Lipinski definition) is 7. The topological polar surface area (TPSA) is 112 Å². The Morgan fingerprint density at radius 1 is 1.00 bits per heavy atom. The standard InChI is InChI=1S/C23H30N2O7S/c1-3-30-19-10-8-17(15-21(19)29-2)25-23(26)7-5-4-6-12-24-33(27,28)18-9-11-20-22(16-18)32-14-13-31-20/h8-11,15-16,24H,3-7,12-14H2,1-2H3,(H,25,26). The van der Waals surface area contributed by atoms with Gasteiger partial charge in [0, 0.05) is 30.8 Å². The Bertz CT molecular complexity index is 1060. The third-order valence-electron chi connectivity index (χ3n) is 4.94. The number of unbranched alkanes of at least 4 members (excludes halogenated alkanes) is 2. The normalized spacial score (nSPS) is 12.8. The van der Waals surface area contributed by atoms with Crippen molar-refractivity contribution in [1.29, 1.82) is 0 Å². The lowest BCUT2D eigenvalue weighted by atomic mass is 10.2. The molecule has 0 fully saturated rings. The Labute approximate surface area is 194 Å². The minimum atomic E-state index is -3.64. The predicted molar refractivity (Wildman–Crippen MR) is 124 cm³/mol. The second-order valence-electron chi connectivity index (χ2n) is 7.36. The van der Waals surface area contributed by atoms with E-state index in [-0.39, 0.29) is 17.3 Å². The summed E-state index contributed by atoms with van der Waals surface area (Å²) in [6.45, 7) is 3.54. The monoisotopic (exact) mass is 478 g/mol.